The highest BCUT2D eigenvalue weighted by atomic mass is 16.5. The third kappa shape index (κ3) is 4.07. The Hall–Kier alpha value is -2.43. The standard InChI is InChI=1S/C25H31NO4/c1-2-28-20-3-5-21(6-4-20)29-15-22-7-8-23(30-22)24(27)26-16-25-12-17-9-18(13-25)11-19(10-17)14-25/h3-8,17-19H,2,9-16H2,1H3,(H,26,27). The Morgan fingerprint density at radius 1 is 0.967 bits per heavy atom. The van der Waals surface area contributed by atoms with E-state index < -0.39 is 0 Å². The number of benzene rings is 1. The molecule has 4 aliphatic carbocycles. The van der Waals surface area contributed by atoms with Gasteiger partial charge in [-0.05, 0) is 105 Å². The van der Waals surface area contributed by atoms with Crippen LogP contribution in [0.5, 0.6) is 11.5 Å². The van der Waals surface area contributed by atoms with Crippen molar-refractivity contribution in [1.82, 2.24) is 5.32 Å². The Morgan fingerprint density at radius 3 is 2.17 bits per heavy atom. The molecule has 30 heavy (non-hydrogen) atoms. The fourth-order valence-corrected chi connectivity index (χ4v) is 6.39. The number of ether oxygens (including phenoxy) is 2. The Bertz CT molecular complexity index is 850. The van der Waals surface area contributed by atoms with Crippen molar-refractivity contribution in [3.05, 3.63) is 47.9 Å². The molecule has 1 amide bonds. The number of hydrogen-bond acceptors (Lipinski definition) is 4. The van der Waals surface area contributed by atoms with Gasteiger partial charge in [0.05, 0.1) is 6.61 Å². The van der Waals surface area contributed by atoms with Crippen molar-refractivity contribution >= 4 is 5.91 Å². The van der Waals surface area contributed by atoms with Gasteiger partial charge in [-0.2, -0.15) is 0 Å². The predicted octanol–water partition coefficient (Wildman–Crippen LogP) is 5.20. The molecule has 1 aromatic carbocycles. The first-order valence-corrected chi connectivity index (χ1v) is 11.3. The zero-order valence-corrected chi connectivity index (χ0v) is 17.7. The summed E-state index contributed by atoms with van der Waals surface area (Å²) in [5.41, 5.74) is 0.330. The van der Waals surface area contributed by atoms with Gasteiger partial charge < -0.3 is 19.2 Å². The SMILES string of the molecule is CCOc1ccc(OCc2ccc(C(=O)NCC34CC5CC(CC(C5)C3)C4)o2)cc1. The maximum absolute atomic E-state index is 12.7. The fourth-order valence-electron chi connectivity index (χ4n) is 6.39. The third-order valence-corrected chi connectivity index (χ3v) is 7.19. The molecule has 6 rings (SSSR count). The van der Waals surface area contributed by atoms with E-state index in [2.05, 4.69) is 5.32 Å². The topological polar surface area (TPSA) is 60.7 Å². The number of amides is 1. The summed E-state index contributed by atoms with van der Waals surface area (Å²) in [6, 6.07) is 11.1. The minimum absolute atomic E-state index is 0.113. The fraction of sp³-hybridized carbons (Fsp3) is 0.560. The lowest BCUT2D eigenvalue weighted by Gasteiger charge is -2.56. The molecule has 5 heteroatoms. The summed E-state index contributed by atoms with van der Waals surface area (Å²) in [4.78, 5) is 12.7. The molecule has 160 valence electrons. The second-order valence-corrected chi connectivity index (χ2v) is 9.56. The number of furan rings is 1. The van der Waals surface area contributed by atoms with Gasteiger partial charge in [0.15, 0.2) is 5.76 Å². The molecule has 2 aromatic rings. The van der Waals surface area contributed by atoms with Crippen LogP contribution in [-0.4, -0.2) is 19.1 Å². The molecule has 0 atom stereocenters. The molecule has 4 saturated carbocycles. The van der Waals surface area contributed by atoms with Gasteiger partial charge in [-0.15, -0.1) is 0 Å². The van der Waals surface area contributed by atoms with Gasteiger partial charge in [0, 0.05) is 6.54 Å². The molecule has 4 fully saturated rings. The Balaban J connectivity index is 1.13. The lowest BCUT2D eigenvalue weighted by atomic mass is 9.49. The maximum Gasteiger partial charge on any atom is 0.287 e. The van der Waals surface area contributed by atoms with Crippen molar-refractivity contribution in [2.24, 2.45) is 23.2 Å². The zero-order valence-electron chi connectivity index (χ0n) is 17.7. The van der Waals surface area contributed by atoms with Gasteiger partial charge >= 0.3 is 0 Å². The van der Waals surface area contributed by atoms with E-state index in [4.69, 9.17) is 13.9 Å². The normalized spacial score (nSPS) is 29.0. The summed E-state index contributed by atoms with van der Waals surface area (Å²) in [6.45, 7) is 3.67. The molecule has 0 aliphatic heterocycles. The van der Waals surface area contributed by atoms with Crippen molar-refractivity contribution < 1.29 is 18.7 Å². The molecule has 5 nitrogen and oxygen atoms in total. The number of rotatable bonds is 8. The highest BCUT2D eigenvalue weighted by Crippen LogP contribution is 2.59. The van der Waals surface area contributed by atoms with Gasteiger partial charge in [0.25, 0.3) is 5.91 Å². The van der Waals surface area contributed by atoms with Crippen LogP contribution in [0.4, 0.5) is 0 Å². The molecule has 4 aliphatic rings. The number of nitrogens with one attached hydrogen (secondary N) is 1. The molecule has 1 aromatic heterocycles. The quantitative estimate of drug-likeness (QED) is 0.651. The Morgan fingerprint density at radius 2 is 1.57 bits per heavy atom. The first-order valence-electron chi connectivity index (χ1n) is 11.3. The van der Waals surface area contributed by atoms with E-state index >= 15 is 0 Å². The smallest absolute Gasteiger partial charge is 0.287 e. The first-order chi connectivity index (χ1) is 14.6. The van der Waals surface area contributed by atoms with Crippen molar-refractivity contribution in [3.8, 4) is 11.5 Å². The largest absolute Gasteiger partial charge is 0.494 e. The minimum Gasteiger partial charge on any atom is -0.494 e. The maximum atomic E-state index is 12.7. The van der Waals surface area contributed by atoms with Crippen molar-refractivity contribution in [3.63, 3.8) is 0 Å². The van der Waals surface area contributed by atoms with Crippen LogP contribution >= 0.6 is 0 Å². The third-order valence-electron chi connectivity index (χ3n) is 7.19. The van der Waals surface area contributed by atoms with Gasteiger partial charge in [-0.3, -0.25) is 4.79 Å². The summed E-state index contributed by atoms with van der Waals surface area (Å²) in [6.07, 6.45) is 8.13. The van der Waals surface area contributed by atoms with Crippen LogP contribution in [0.2, 0.25) is 0 Å². The number of carbonyl (C=O) groups is 1. The van der Waals surface area contributed by atoms with Crippen LogP contribution in [-0.2, 0) is 6.61 Å². The van der Waals surface area contributed by atoms with Gasteiger partial charge in [0.1, 0.15) is 23.9 Å². The molecular weight excluding hydrogens is 378 g/mol. The van der Waals surface area contributed by atoms with Gasteiger partial charge in [-0.25, -0.2) is 0 Å². The average Bonchev–Trinajstić information content (AvgIpc) is 3.20. The highest BCUT2D eigenvalue weighted by Gasteiger charge is 2.50. The second kappa shape index (κ2) is 8.01. The summed E-state index contributed by atoms with van der Waals surface area (Å²) in [7, 11) is 0. The average molecular weight is 410 g/mol. The Labute approximate surface area is 178 Å². The van der Waals surface area contributed by atoms with E-state index in [1.807, 2.05) is 37.3 Å². The molecule has 0 radical (unpaired) electrons. The number of carbonyl (C=O) groups excluding carboxylic acids is 1. The first kappa shape index (κ1) is 19.5. The molecule has 4 bridgehead atoms. The van der Waals surface area contributed by atoms with Gasteiger partial charge in [-0.1, -0.05) is 0 Å². The number of hydrogen-bond donors (Lipinski definition) is 1. The molecule has 0 spiro atoms. The summed E-state index contributed by atoms with van der Waals surface area (Å²) < 4.78 is 16.9. The van der Waals surface area contributed by atoms with Crippen LogP contribution in [0, 0.1) is 23.2 Å². The van der Waals surface area contributed by atoms with Crippen LogP contribution in [0.3, 0.4) is 0 Å². The lowest BCUT2D eigenvalue weighted by molar-refractivity contribution is -0.0504. The Kier molecular flexibility index (Phi) is 5.21. The molecule has 1 heterocycles. The molecule has 0 unspecified atom stereocenters. The second-order valence-electron chi connectivity index (χ2n) is 9.56. The van der Waals surface area contributed by atoms with E-state index in [9.17, 15) is 4.79 Å². The van der Waals surface area contributed by atoms with E-state index in [1.165, 1.54) is 38.5 Å². The summed E-state index contributed by atoms with van der Waals surface area (Å²) >= 11 is 0. The highest BCUT2D eigenvalue weighted by molar-refractivity contribution is 5.91. The van der Waals surface area contributed by atoms with Crippen LogP contribution in [0.25, 0.3) is 0 Å². The van der Waals surface area contributed by atoms with Crippen molar-refractivity contribution in [2.45, 2.75) is 52.1 Å². The van der Waals surface area contributed by atoms with Crippen LogP contribution in [0.1, 0.15) is 61.8 Å². The monoisotopic (exact) mass is 409 g/mol. The lowest BCUT2D eigenvalue weighted by Crippen LogP contribution is -2.51. The van der Waals surface area contributed by atoms with Crippen LogP contribution < -0.4 is 14.8 Å². The minimum atomic E-state index is -0.113. The van der Waals surface area contributed by atoms with E-state index in [0.717, 1.165) is 35.8 Å². The summed E-state index contributed by atoms with van der Waals surface area (Å²) in [5, 5.41) is 3.17. The molecule has 0 saturated heterocycles. The van der Waals surface area contributed by atoms with Crippen LogP contribution in [0.15, 0.2) is 40.8 Å². The van der Waals surface area contributed by atoms with Crippen molar-refractivity contribution in [1.29, 1.82) is 0 Å². The predicted molar refractivity (Wildman–Crippen MR) is 114 cm³/mol. The van der Waals surface area contributed by atoms with Crippen molar-refractivity contribution in [2.75, 3.05) is 13.2 Å². The van der Waals surface area contributed by atoms with E-state index in [1.54, 1.807) is 6.07 Å². The summed E-state index contributed by atoms with van der Waals surface area (Å²) in [5.74, 6) is 5.13. The van der Waals surface area contributed by atoms with Gasteiger partial charge in [0.2, 0.25) is 0 Å². The molecular formula is C25H31NO4. The van der Waals surface area contributed by atoms with E-state index in [-0.39, 0.29) is 12.5 Å². The van der Waals surface area contributed by atoms with E-state index in [0.29, 0.717) is 23.5 Å². The zero-order chi connectivity index (χ0) is 20.6. The molecule has 1 N–H and O–H groups in total.